The fraction of sp³-hybridized carbons (Fsp3) is 0.417. The number of aromatic nitrogens is 2. The largest absolute Gasteiger partial charge is 0.357 e. The smallest absolute Gasteiger partial charge is 0.176 e. The zero-order valence-electron chi connectivity index (χ0n) is 16.8. The van der Waals surface area contributed by atoms with Crippen molar-refractivity contribution in [3.63, 3.8) is 0 Å². The molecule has 0 N–H and O–H groups in total. The van der Waals surface area contributed by atoms with Crippen LogP contribution in [0.3, 0.4) is 0 Å². The molecule has 30 heavy (non-hydrogen) atoms. The van der Waals surface area contributed by atoms with E-state index < -0.39 is 5.60 Å². The number of fused-ring (bicyclic) bond motifs is 1. The van der Waals surface area contributed by atoms with Crippen LogP contribution >= 0.6 is 22.6 Å². The summed E-state index contributed by atoms with van der Waals surface area (Å²) in [5.41, 5.74) is 1.06. The Morgan fingerprint density at radius 3 is 2.70 bits per heavy atom. The van der Waals surface area contributed by atoms with Crippen molar-refractivity contribution in [2.24, 2.45) is 0 Å². The van der Waals surface area contributed by atoms with Crippen LogP contribution in [0.15, 0.2) is 54.7 Å². The van der Waals surface area contributed by atoms with Gasteiger partial charge in [-0.15, -0.1) is 0 Å². The van der Waals surface area contributed by atoms with E-state index in [4.69, 9.17) is 24.2 Å². The molecule has 0 radical (unpaired) electrons. The second-order valence-corrected chi connectivity index (χ2v) is 9.26. The first kappa shape index (κ1) is 20.3. The Kier molecular flexibility index (Phi) is 6.00. The van der Waals surface area contributed by atoms with E-state index in [1.807, 2.05) is 30.5 Å². The number of hydrogen-bond acceptors (Lipinski definition) is 5. The van der Waals surface area contributed by atoms with Gasteiger partial charge in [-0.25, -0.2) is 9.97 Å². The topological polar surface area (TPSA) is 53.5 Å². The average molecular weight is 516 g/mol. The van der Waals surface area contributed by atoms with Gasteiger partial charge in [0.1, 0.15) is 0 Å². The minimum absolute atomic E-state index is 0.202. The van der Waals surface area contributed by atoms with Gasteiger partial charge < -0.3 is 14.2 Å². The fourth-order valence-electron chi connectivity index (χ4n) is 3.86. The van der Waals surface area contributed by atoms with E-state index >= 15 is 0 Å². The average Bonchev–Trinajstić information content (AvgIpc) is 3.61. The van der Waals surface area contributed by atoms with Crippen LogP contribution in [0.25, 0.3) is 10.9 Å². The Hall–Kier alpha value is -1.61. The number of nitrogens with zero attached hydrogens (tertiary/aromatic N) is 2. The standard InChI is InChI=1S/C24H25IN2O3/c25-19-9-12-21-17(14-19)15-26-23(27-21)24(30-20-10-11-20,18-6-2-1-3-7-18)16-29-22-8-4-5-13-28-22/h1-3,6-7,9,12,14-15,20,22H,4-5,8,10-11,13,16H2. The van der Waals surface area contributed by atoms with E-state index in [1.54, 1.807) is 0 Å². The first-order chi connectivity index (χ1) is 14.7. The molecule has 0 amide bonds. The van der Waals surface area contributed by atoms with Crippen molar-refractivity contribution in [1.29, 1.82) is 0 Å². The summed E-state index contributed by atoms with van der Waals surface area (Å²) in [5.74, 6) is 0.644. The molecule has 1 saturated heterocycles. The molecule has 2 aliphatic rings. The lowest BCUT2D eigenvalue weighted by atomic mass is 9.92. The Morgan fingerprint density at radius 1 is 1.07 bits per heavy atom. The van der Waals surface area contributed by atoms with Crippen molar-refractivity contribution < 1.29 is 14.2 Å². The molecule has 5 nitrogen and oxygen atoms in total. The first-order valence-electron chi connectivity index (χ1n) is 10.6. The lowest BCUT2D eigenvalue weighted by molar-refractivity contribution is -0.198. The molecule has 0 bridgehead atoms. The lowest BCUT2D eigenvalue weighted by Crippen LogP contribution is -2.41. The molecule has 2 aromatic carbocycles. The highest BCUT2D eigenvalue weighted by Gasteiger charge is 2.44. The molecule has 1 aliphatic heterocycles. The van der Waals surface area contributed by atoms with Crippen LogP contribution in [0, 0.1) is 3.57 Å². The van der Waals surface area contributed by atoms with E-state index in [-0.39, 0.29) is 12.4 Å². The molecule has 2 atom stereocenters. The van der Waals surface area contributed by atoms with E-state index in [9.17, 15) is 0 Å². The van der Waals surface area contributed by atoms with Gasteiger partial charge in [0, 0.05) is 21.8 Å². The first-order valence-corrected chi connectivity index (χ1v) is 11.7. The summed E-state index contributed by atoms with van der Waals surface area (Å²) in [6, 6.07) is 16.4. The normalized spacial score (nSPS) is 21.4. The predicted molar refractivity (Wildman–Crippen MR) is 123 cm³/mol. The summed E-state index contributed by atoms with van der Waals surface area (Å²) in [6.45, 7) is 1.08. The summed E-state index contributed by atoms with van der Waals surface area (Å²) >= 11 is 2.31. The molecule has 1 saturated carbocycles. The molecular weight excluding hydrogens is 491 g/mol. The van der Waals surface area contributed by atoms with Crippen LogP contribution in [0.5, 0.6) is 0 Å². The van der Waals surface area contributed by atoms with Crippen molar-refractivity contribution in [2.75, 3.05) is 13.2 Å². The number of ether oxygens (including phenoxy) is 3. The van der Waals surface area contributed by atoms with Gasteiger partial charge in [0.15, 0.2) is 17.7 Å². The number of rotatable bonds is 7. The van der Waals surface area contributed by atoms with Gasteiger partial charge in [-0.3, -0.25) is 0 Å². The third-order valence-corrected chi connectivity index (χ3v) is 6.32. The van der Waals surface area contributed by atoms with Crippen LogP contribution in [0.2, 0.25) is 0 Å². The zero-order chi connectivity index (χ0) is 20.4. The highest BCUT2D eigenvalue weighted by molar-refractivity contribution is 14.1. The summed E-state index contributed by atoms with van der Waals surface area (Å²) in [7, 11) is 0. The maximum Gasteiger partial charge on any atom is 0.176 e. The molecule has 6 heteroatoms. The Labute approximate surface area is 190 Å². The number of hydrogen-bond donors (Lipinski definition) is 0. The van der Waals surface area contributed by atoms with Crippen molar-refractivity contribution in [1.82, 2.24) is 9.97 Å². The van der Waals surface area contributed by atoms with Gasteiger partial charge in [0.05, 0.1) is 18.2 Å². The molecule has 1 aliphatic carbocycles. The SMILES string of the molecule is Ic1ccc2nc(C(COC3CCCCO3)(OC3CC3)c3ccccc3)ncc2c1. The molecule has 5 rings (SSSR count). The quantitative estimate of drug-likeness (QED) is 0.404. The second-order valence-electron chi connectivity index (χ2n) is 8.01. The van der Waals surface area contributed by atoms with E-state index in [0.29, 0.717) is 12.4 Å². The third-order valence-electron chi connectivity index (χ3n) is 5.65. The highest BCUT2D eigenvalue weighted by Crippen LogP contribution is 2.40. The third kappa shape index (κ3) is 4.37. The van der Waals surface area contributed by atoms with Crippen LogP contribution < -0.4 is 0 Å². The van der Waals surface area contributed by atoms with Crippen LogP contribution in [-0.2, 0) is 19.8 Å². The van der Waals surface area contributed by atoms with Crippen molar-refractivity contribution in [3.8, 4) is 0 Å². The maximum atomic E-state index is 6.68. The summed E-state index contributed by atoms with van der Waals surface area (Å²) in [6.07, 6.45) is 7.13. The van der Waals surface area contributed by atoms with Gasteiger partial charge >= 0.3 is 0 Å². The summed E-state index contributed by atoms with van der Waals surface area (Å²) in [5, 5.41) is 1.02. The summed E-state index contributed by atoms with van der Waals surface area (Å²) < 4.78 is 20.0. The van der Waals surface area contributed by atoms with E-state index in [0.717, 1.165) is 58.7 Å². The van der Waals surface area contributed by atoms with Gasteiger partial charge in [0.2, 0.25) is 0 Å². The predicted octanol–water partition coefficient (Wildman–Crippen LogP) is 5.20. The van der Waals surface area contributed by atoms with E-state index in [1.165, 1.54) is 0 Å². The van der Waals surface area contributed by atoms with Crippen molar-refractivity contribution >= 4 is 33.5 Å². The monoisotopic (exact) mass is 516 g/mol. The molecule has 0 spiro atoms. The second kappa shape index (κ2) is 8.86. The van der Waals surface area contributed by atoms with Crippen LogP contribution in [0.4, 0.5) is 0 Å². The van der Waals surface area contributed by atoms with Crippen molar-refractivity contribution in [3.05, 3.63) is 69.7 Å². The minimum atomic E-state index is -0.861. The van der Waals surface area contributed by atoms with Gasteiger partial charge in [-0.2, -0.15) is 0 Å². The Morgan fingerprint density at radius 2 is 1.93 bits per heavy atom. The minimum Gasteiger partial charge on any atom is -0.357 e. The van der Waals surface area contributed by atoms with Gasteiger partial charge in [0.25, 0.3) is 0 Å². The zero-order valence-corrected chi connectivity index (χ0v) is 19.0. The van der Waals surface area contributed by atoms with Gasteiger partial charge in [-0.05, 0) is 78.5 Å². The van der Waals surface area contributed by atoms with Crippen molar-refractivity contribution in [2.45, 2.75) is 50.1 Å². The fourth-order valence-corrected chi connectivity index (χ4v) is 4.38. The van der Waals surface area contributed by atoms with E-state index in [2.05, 4.69) is 46.9 Å². The van der Waals surface area contributed by atoms with Crippen LogP contribution in [-0.4, -0.2) is 35.6 Å². The molecular formula is C24H25IN2O3. The molecule has 3 aromatic rings. The molecule has 2 fully saturated rings. The molecule has 2 unspecified atom stereocenters. The molecule has 156 valence electrons. The Balaban J connectivity index is 1.57. The van der Waals surface area contributed by atoms with Gasteiger partial charge in [-0.1, -0.05) is 30.3 Å². The maximum absolute atomic E-state index is 6.68. The number of halogens is 1. The summed E-state index contributed by atoms with van der Waals surface area (Å²) in [4.78, 5) is 9.73. The molecule has 1 aromatic heterocycles. The Bertz CT molecular complexity index is 1010. The number of benzene rings is 2. The lowest BCUT2D eigenvalue weighted by Gasteiger charge is -2.35. The van der Waals surface area contributed by atoms with Crippen LogP contribution in [0.1, 0.15) is 43.5 Å². The highest BCUT2D eigenvalue weighted by atomic mass is 127. The molecule has 2 heterocycles.